The topological polar surface area (TPSA) is 46.2 Å². The van der Waals surface area contributed by atoms with Gasteiger partial charge in [0.25, 0.3) is 0 Å². The summed E-state index contributed by atoms with van der Waals surface area (Å²) in [6.07, 6.45) is -4.71. The summed E-state index contributed by atoms with van der Waals surface area (Å²) >= 11 is 10.6. The zero-order valence-corrected chi connectivity index (χ0v) is 10.4. The average Bonchev–Trinajstić information content (AvgIpc) is 2.19. The van der Waals surface area contributed by atoms with E-state index in [0.29, 0.717) is 0 Å². The molecule has 0 aromatic heterocycles. The van der Waals surface area contributed by atoms with Crippen LogP contribution in [0.3, 0.4) is 0 Å². The van der Waals surface area contributed by atoms with E-state index in [1.54, 1.807) is 4.72 Å². The number of benzene rings is 1. The van der Waals surface area contributed by atoms with Crippen molar-refractivity contribution in [2.45, 2.75) is 6.18 Å². The second-order valence-electron chi connectivity index (χ2n) is 2.99. The number of halogens is 5. The van der Waals surface area contributed by atoms with Gasteiger partial charge in [0.1, 0.15) is 5.21 Å². The molecule has 1 aromatic rings. The predicted molar refractivity (Wildman–Crippen MR) is 59.7 cm³/mol. The maximum Gasteiger partial charge on any atom is 0.418 e. The average molecular weight is 308 g/mol. The maximum absolute atomic E-state index is 12.6. The van der Waals surface area contributed by atoms with E-state index in [9.17, 15) is 21.6 Å². The predicted octanol–water partition coefficient (Wildman–Crippen LogP) is 3.30. The lowest BCUT2D eigenvalue weighted by molar-refractivity contribution is -0.136. The van der Waals surface area contributed by atoms with Crippen LogP contribution in [0.5, 0.6) is 0 Å². The van der Waals surface area contributed by atoms with Gasteiger partial charge in [-0.25, -0.2) is 8.42 Å². The molecule has 0 aliphatic carbocycles. The van der Waals surface area contributed by atoms with Crippen molar-refractivity contribution in [3.8, 4) is 0 Å². The summed E-state index contributed by atoms with van der Waals surface area (Å²) in [6.45, 7) is 0. The van der Waals surface area contributed by atoms with Crippen LogP contribution >= 0.6 is 23.2 Å². The molecule has 1 N–H and O–H groups in total. The SMILES string of the molecule is O=S(=O)(CCl)Nc1c(Cl)cccc1C(F)(F)F. The number of para-hydroxylation sites is 1. The highest BCUT2D eigenvalue weighted by atomic mass is 35.5. The molecule has 0 radical (unpaired) electrons. The summed E-state index contributed by atoms with van der Waals surface area (Å²) in [4.78, 5) is 0. The van der Waals surface area contributed by atoms with E-state index in [1.165, 1.54) is 0 Å². The molecule has 0 amide bonds. The van der Waals surface area contributed by atoms with Gasteiger partial charge in [0.05, 0.1) is 16.3 Å². The van der Waals surface area contributed by atoms with E-state index in [-0.39, 0.29) is 5.02 Å². The normalized spacial score (nSPS) is 12.5. The van der Waals surface area contributed by atoms with E-state index in [4.69, 9.17) is 23.2 Å². The fraction of sp³-hybridized carbons (Fsp3) is 0.250. The minimum atomic E-state index is -4.71. The third-order valence-electron chi connectivity index (χ3n) is 1.72. The highest BCUT2D eigenvalue weighted by molar-refractivity contribution is 7.93. The first-order chi connectivity index (χ1) is 7.67. The van der Waals surface area contributed by atoms with E-state index < -0.39 is 32.7 Å². The number of hydrogen-bond acceptors (Lipinski definition) is 2. The molecule has 0 aliphatic rings. The molecule has 9 heteroatoms. The monoisotopic (exact) mass is 307 g/mol. The van der Waals surface area contributed by atoms with Gasteiger partial charge < -0.3 is 0 Å². The molecular formula is C8H6Cl2F3NO2S. The van der Waals surface area contributed by atoms with Crippen LogP contribution in [0, 0.1) is 0 Å². The Bertz CT molecular complexity index is 516. The molecule has 3 nitrogen and oxygen atoms in total. The lowest BCUT2D eigenvalue weighted by atomic mass is 10.2. The molecule has 0 heterocycles. The van der Waals surface area contributed by atoms with Gasteiger partial charge in [0.2, 0.25) is 10.0 Å². The Hall–Kier alpha value is -0.660. The standard InChI is InChI=1S/C8H6Cl2F3NO2S/c9-4-17(15,16)14-7-5(8(11,12)13)2-1-3-6(7)10/h1-3,14H,4H2. The summed E-state index contributed by atoms with van der Waals surface area (Å²) < 4.78 is 61.7. The second-order valence-corrected chi connectivity index (χ2v) is 5.70. The largest absolute Gasteiger partial charge is 0.418 e. The Balaban J connectivity index is 3.32. The molecular weight excluding hydrogens is 302 g/mol. The fourth-order valence-corrected chi connectivity index (χ4v) is 2.07. The summed E-state index contributed by atoms with van der Waals surface area (Å²) in [7, 11) is -4.05. The Morgan fingerprint density at radius 2 is 1.88 bits per heavy atom. The Labute approximate surface area is 106 Å². The quantitative estimate of drug-likeness (QED) is 0.871. The van der Waals surface area contributed by atoms with Crippen LogP contribution in [-0.4, -0.2) is 13.6 Å². The minimum Gasteiger partial charge on any atom is -0.280 e. The van der Waals surface area contributed by atoms with Gasteiger partial charge in [-0.15, -0.1) is 11.6 Å². The molecule has 1 rings (SSSR count). The van der Waals surface area contributed by atoms with Crippen LogP contribution < -0.4 is 4.72 Å². The Morgan fingerprint density at radius 3 is 2.35 bits per heavy atom. The summed E-state index contributed by atoms with van der Waals surface area (Å²) in [5.41, 5.74) is -1.89. The molecule has 0 unspecified atom stereocenters. The zero-order chi connectivity index (χ0) is 13.3. The molecule has 0 bridgehead atoms. The van der Waals surface area contributed by atoms with Crippen molar-refractivity contribution >= 4 is 38.9 Å². The number of nitrogens with one attached hydrogen (secondary N) is 1. The minimum absolute atomic E-state index is 0.353. The third-order valence-corrected chi connectivity index (χ3v) is 3.70. The Kier molecular flexibility index (Phi) is 4.16. The Morgan fingerprint density at radius 1 is 1.29 bits per heavy atom. The first kappa shape index (κ1) is 14.4. The van der Waals surface area contributed by atoms with Crippen LogP contribution in [0.15, 0.2) is 18.2 Å². The number of alkyl halides is 4. The van der Waals surface area contributed by atoms with Gasteiger partial charge in [0, 0.05) is 0 Å². The van der Waals surface area contributed by atoms with Crippen molar-refractivity contribution in [1.82, 2.24) is 0 Å². The summed E-state index contributed by atoms with van der Waals surface area (Å²) in [5, 5.41) is -1.22. The molecule has 0 saturated carbocycles. The van der Waals surface area contributed by atoms with Gasteiger partial charge in [-0.05, 0) is 12.1 Å². The lowest BCUT2D eigenvalue weighted by Crippen LogP contribution is -2.18. The molecule has 1 aromatic carbocycles. The third kappa shape index (κ3) is 3.65. The highest BCUT2D eigenvalue weighted by Gasteiger charge is 2.35. The molecule has 0 fully saturated rings. The van der Waals surface area contributed by atoms with Gasteiger partial charge >= 0.3 is 6.18 Å². The molecule has 0 spiro atoms. The first-order valence-electron chi connectivity index (χ1n) is 4.09. The van der Waals surface area contributed by atoms with Crippen LogP contribution in [0.1, 0.15) is 5.56 Å². The smallest absolute Gasteiger partial charge is 0.280 e. The van der Waals surface area contributed by atoms with Gasteiger partial charge in [0.15, 0.2) is 0 Å². The van der Waals surface area contributed by atoms with E-state index >= 15 is 0 Å². The van der Waals surface area contributed by atoms with Crippen LogP contribution in [0.2, 0.25) is 5.02 Å². The van der Waals surface area contributed by atoms with Gasteiger partial charge in [-0.1, -0.05) is 17.7 Å². The van der Waals surface area contributed by atoms with Crippen molar-refractivity contribution in [1.29, 1.82) is 0 Å². The van der Waals surface area contributed by atoms with Crippen LogP contribution in [0.4, 0.5) is 18.9 Å². The molecule has 96 valence electrons. The number of sulfonamides is 1. The molecule has 0 aliphatic heterocycles. The van der Waals surface area contributed by atoms with Gasteiger partial charge in [-0.2, -0.15) is 13.2 Å². The summed E-state index contributed by atoms with van der Waals surface area (Å²) in [6, 6.07) is 2.94. The van der Waals surface area contributed by atoms with E-state index in [1.807, 2.05) is 0 Å². The maximum atomic E-state index is 12.6. The molecule has 17 heavy (non-hydrogen) atoms. The zero-order valence-electron chi connectivity index (χ0n) is 8.05. The van der Waals surface area contributed by atoms with Gasteiger partial charge in [-0.3, -0.25) is 4.72 Å². The lowest BCUT2D eigenvalue weighted by Gasteiger charge is -2.15. The summed E-state index contributed by atoms with van der Waals surface area (Å²) in [5.74, 6) is 0. The van der Waals surface area contributed by atoms with Crippen molar-refractivity contribution in [3.05, 3.63) is 28.8 Å². The van der Waals surface area contributed by atoms with Crippen LogP contribution in [0.25, 0.3) is 0 Å². The van der Waals surface area contributed by atoms with Crippen molar-refractivity contribution in [2.24, 2.45) is 0 Å². The molecule has 0 atom stereocenters. The van der Waals surface area contributed by atoms with Crippen molar-refractivity contribution < 1.29 is 21.6 Å². The van der Waals surface area contributed by atoms with Crippen LogP contribution in [-0.2, 0) is 16.2 Å². The van der Waals surface area contributed by atoms with Crippen molar-refractivity contribution in [2.75, 3.05) is 9.93 Å². The first-order valence-corrected chi connectivity index (χ1v) is 6.66. The number of anilines is 1. The number of rotatable bonds is 3. The van der Waals surface area contributed by atoms with Crippen molar-refractivity contribution in [3.63, 3.8) is 0 Å². The second kappa shape index (κ2) is 4.91. The highest BCUT2D eigenvalue weighted by Crippen LogP contribution is 2.38. The van der Waals surface area contributed by atoms with E-state index in [0.717, 1.165) is 18.2 Å². The fourth-order valence-electron chi connectivity index (χ4n) is 1.05. The number of hydrogen-bond donors (Lipinski definition) is 1. The van der Waals surface area contributed by atoms with E-state index in [2.05, 4.69) is 0 Å². The molecule has 0 saturated heterocycles.